The molecule has 0 aromatic heterocycles. The molecule has 8 nitrogen and oxygen atoms in total. The third-order valence-electron chi connectivity index (χ3n) is 3.50. The Morgan fingerprint density at radius 3 is 2.55 bits per heavy atom. The summed E-state index contributed by atoms with van der Waals surface area (Å²) in [6.07, 6.45) is 1.59. The summed E-state index contributed by atoms with van der Waals surface area (Å²) >= 11 is 0. The third-order valence-corrected chi connectivity index (χ3v) is 3.50. The molecular formula is C12H22N4O4. The van der Waals surface area contributed by atoms with E-state index in [1.807, 2.05) is 7.05 Å². The van der Waals surface area contributed by atoms with Crippen molar-refractivity contribution in [2.75, 3.05) is 26.7 Å². The quantitative estimate of drug-likeness (QED) is 0.602. The molecular weight excluding hydrogens is 264 g/mol. The molecule has 0 aromatic carbocycles. The van der Waals surface area contributed by atoms with Gasteiger partial charge in [-0.15, -0.1) is 0 Å². The van der Waals surface area contributed by atoms with Crippen LogP contribution >= 0.6 is 0 Å². The second-order valence-corrected chi connectivity index (χ2v) is 5.22. The SMILES string of the molecule is CC1CC(NC(=O)N(CC(N)=O)CC(=O)O)CCN1C. The number of aliphatic carboxylic acids is 1. The minimum atomic E-state index is -1.18. The predicted octanol–water partition coefficient (Wildman–Crippen LogP) is -0.949. The number of nitrogens with one attached hydrogen (secondary N) is 1. The van der Waals surface area contributed by atoms with Crippen molar-refractivity contribution in [3.05, 3.63) is 0 Å². The fourth-order valence-corrected chi connectivity index (χ4v) is 2.24. The summed E-state index contributed by atoms with van der Waals surface area (Å²) in [5.74, 6) is -1.92. The van der Waals surface area contributed by atoms with Crippen LogP contribution in [0.5, 0.6) is 0 Å². The highest BCUT2D eigenvalue weighted by Gasteiger charge is 2.26. The van der Waals surface area contributed by atoms with Gasteiger partial charge < -0.3 is 26.0 Å². The maximum Gasteiger partial charge on any atom is 0.323 e. The standard InChI is InChI=1S/C12H22N4O4/c1-8-5-9(3-4-15(8)2)14-12(20)16(6-10(13)17)7-11(18)19/h8-9H,3-7H2,1-2H3,(H2,13,17)(H,14,20)(H,18,19). The summed E-state index contributed by atoms with van der Waals surface area (Å²) in [4.78, 5) is 36.7. The first kappa shape index (κ1) is 16.2. The first-order chi connectivity index (χ1) is 9.29. The second-order valence-electron chi connectivity index (χ2n) is 5.22. The number of hydrogen-bond donors (Lipinski definition) is 3. The van der Waals surface area contributed by atoms with Crippen LogP contribution in [-0.2, 0) is 9.59 Å². The molecule has 2 atom stereocenters. The Kier molecular flexibility index (Phi) is 5.75. The molecule has 114 valence electrons. The highest BCUT2D eigenvalue weighted by Crippen LogP contribution is 2.15. The van der Waals surface area contributed by atoms with Gasteiger partial charge in [0.05, 0.1) is 0 Å². The van der Waals surface area contributed by atoms with Crippen LogP contribution in [0.3, 0.4) is 0 Å². The van der Waals surface area contributed by atoms with Crippen molar-refractivity contribution in [1.29, 1.82) is 0 Å². The molecule has 0 saturated carbocycles. The zero-order valence-electron chi connectivity index (χ0n) is 11.8. The van der Waals surface area contributed by atoms with Gasteiger partial charge in [0.2, 0.25) is 5.91 Å². The molecule has 1 fully saturated rings. The Hall–Kier alpha value is -1.83. The lowest BCUT2D eigenvalue weighted by Gasteiger charge is -2.36. The average Bonchev–Trinajstić information content (AvgIpc) is 2.32. The summed E-state index contributed by atoms with van der Waals surface area (Å²) < 4.78 is 0. The van der Waals surface area contributed by atoms with Gasteiger partial charge in [-0.3, -0.25) is 9.59 Å². The molecule has 1 heterocycles. The predicted molar refractivity (Wildman–Crippen MR) is 72.0 cm³/mol. The molecule has 0 bridgehead atoms. The van der Waals surface area contributed by atoms with Gasteiger partial charge in [0.15, 0.2) is 0 Å². The van der Waals surface area contributed by atoms with E-state index in [-0.39, 0.29) is 6.04 Å². The number of rotatable bonds is 5. The van der Waals surface area contributed by atoms with E-state index >= 15 is 0 Å². The number of amides is 3. The number of carboxylic acids is 1. The third kappa shape index (κ3) is 5.04. The number of piperidine rings is 1. The molecule has 4 N–H and O–H groups in total. The van der Waals surface area contributed by atoms with Gasteiger partial charge in [0, 0.05) is 18.6 Å². The lowest BCUT2D eigenvalue weighted by molar-refractivity contribution is -0.137. The van der Waals surface area contributed by atoms with Crippen molar-refractivity contribution in [1.82, 2.24) is 15.1 Å². The topological polar surface area (TPSA) is 116 Å². The summed E-state index contributed by atoms with van der Waals surface area (Å²) in [7, 11) is 2.02. The van der Waals surface area contributed by atoms with Gasteiger partial charge in [0.25, 0.3) is 0 Å². The molecule has 3 amide bonds. The number of hydrogen-bond acceptors (Lipinski definition) is 4. The van der Waals surface area contributed by atoms with E-state index in [9.17, 15) is 14.4 Å². The fraction of sp³-hybridized carbons (Fsp3) is 0.750. The van der Waals surface area contributed by atoms with Gasteiger partial charge in [-0.1, -0.05) is 0 Å². The average molecular weight is 286 g/mol. The molecule has 1 aliphatic rings. The van der Waals surface area contributed by atoms with E-state index in [1.54, 1.807) is 0 Å². The molecule has 0 radical (unpaired) electrons. The first-order valence-electron chi connectivity index (χ1n) is 6.55. The monoisotopic (exact) mass is 286 g/mol. The van der Waals surface area contributed by atoms with Crippen LogP contribution in [0.1, 0.15) is 19.8 Å². The largest absolute Gasteiger partial charge is 0.480 e. The molecule has 1 saturated heterocycles. The molecule has 0 aromatic rings. The Balaban J connectivity index is 2.56. The van der Waals surface area contributed by atoms with E-state index in [4.69, 9.17) is 10.8 Å². The Morgan fingerprint density at radius 2 is 2.05 bits per heavy atom. The minimum absolute atomic E-state index is 0.0159. The Morgan fingerprint density at radius 1 is 1.40 bits per heavy atom. The van der Waals surface area contributed by atoms with E-state index in [2.05, 4.69) is 17.1 Å². The number of likely N-dealkylation sites (tertiary alicyclic amines) is 1. The molecule has 8 heteroatoms. The van der Waals surface area contributed by atoms with Crippen LogP contribution in [0.4, 0.5) is 4.79 Å². The van der Waals surface area contributed by atoms with Gasteiger partial charge in [-0.25, -0.2) is 4.79 Å². The summed E-state index contributed by atoms with van der Waals surface area (Å²) in [6, 6.07) is -0.232. The van der Waals surface area contributed by atoms with Gasteiger partial charge in [-0.2, -0.15) is 0 Å². The van der Waals surface area contributed by atoms with Crippen LogP contribution in [0, 0.1) is 0 Å². The van der Waals surface area contributed by atoms with Gasteiger partial charge in [0.1, 0.15) is 13.1 Å². The number of nitrogens with zero attached hydrogens (tertiary/aromatic N) is 2. The molecule has 20 heavy (non-hydrogen) atoms. The molecule has 2 unspecified atom stereocenters. The van der Waals surface area contributed by atoms with Crippen molar-refractivity contribution in [2.45, 2.75) is 31.8 Å². The van der Waals surface area contributed by atoms with E-state index in [0.717, 1.165) is 24.3 Å². The first-order valence-corrected chi connectivity index (χ1v) is 6.55. The molecule has 0 aliphatic carbocycles. The number of urea groups is 1. The van der Waals surface area contributed by atoms with Crippen LogP contribution in [0.25, 0.3) is 0 Å². The van der Waals surface area contributed by atoms with Crippen LogP contribution in [0.15, 0.2) is 0 Å². The summed E-state index contributed by atoms with van der Waals surface area (Å²) in [5.41, 5.74) is 5.02. The maximum absolute atomic E-state index is 12.0. The number of carbonyl (C=O) groups is 3. The van der Waals surface area contributed by atoms with Crippen molar-refractivity contribution in [2.24, 2.45) is 5.73 Å². The Labute approximate surface area is 117 Å². The van der Waals surface area contributed by atoms with E-state index in [0.29, 0.717) is 6.04 Å². The number of carbonyl (C=O) groups excluding carboxylic acids is 2. The van der Waals surface area contributed by atoms with Crippen molar-refractivity contribution in [3.63, 3.8) is 0 Å². The van der Waals surface area contributed by atoms with Gasteiger partial charge in [-0.05, 0) is 26.8 Å². The summed E-state index contributed by atoms with van der Waals surface area (Å²) in [6.45, 7) is 1.98. The zero-order chi connectivity index (χ0) is 15.3. The maximum atomic E-state index is 12.0. The number of nitrogens with two attached hydrogens (primary N) is 1. The molecule has 0 spiro atoms. The smallest absolute Gasteiger partial charge is 0.323 e. The second kappa shape index (κ2) is 7.09. The highest BCUT2D eigenvalue weighted by atomic mass is 16.4. The lowest BCUT2D eigenvalue weighted by Crippen LogP contribution is -2.53. The van der Waals surface area contributed by atoms with Gasteiger partial charge >= 0.3 is 12.0 Å². The van der Waals surface area contributed by atoms with Crippen LogP contribution in [-0.4, -0.2) is 71.6 Å². The van der Waals surface area contributed by atoms with Crippen molar-refractivity contribution in [3.8, 4) is 0 Å². The number of primary amides is 1. The zero-order valence-corrected chi connectivity index (χ0v) is 11.8. The van der Waals surface area contributed by atoms with Crippen LogP contribution in [0.2, 0.25) is 0 Å². The normalized spacial score (nSPS) is 23.1. The Bertz CT molecular complexity index is 372. The lowest BCUT2D eigenvalue weighted by atomic mass is 9.99. The fourth-order valence-electron chi connectivity index (χ4n) is 2.24. The van der Waals surface area contributed by atoms with E-state index in [1.165, 1.54) is 0 Å². The minimum Gasteiger partial charge on any atom is -0.480 e. The highest BCUT2D eigenvalue weighted by molar-refractivity contribution is 5.86. The van der Waals surface area contributed by atoms with Crippen LogP contribution < -0.4 is 11.1 Å². The van der Waals surface area contributed by atoms with Crippen molar-refractivity contribution < 1.29 is 19.5 Å². The van der Waals surface area contributed by atoms with E-state index < -0.39 is 31.0 Å². The summed E-state index contributed by atoms with van der Waals surface area (Å²) in [5, 5.41) is 11.5. The van der Waals surface area contributed by atoms with Crippen molar-refractivity contribution >= 4 is 17.9 Å². The molecule has 1 rings (SSSR count). The number of carboxylic acid groups (broad SMARTS) is 1. The molecule has 1 aliphatic heterocycles.